The molecule has 1 amide bonds. The molecular weight excluding hydrogens is 630 g/mol. The van der Waals surface area contributed by atoms with Gasteiger partial charge in [0.25, 0.3) is 5.56 Å². The van der Waals surface area contributed by atoms with Crippen molar-refractivity contribution < 1.29 is 34.3 Å². The number of carbonyl (C=O) groups excluding carboxylic acids is 1. The number of aliphatic hydroxyl groups excluding tert-OH is 2. The molecule has 0 spiro atoms. The first-order valence-electron chi connectivity index (χ1n) is 15.8. The Morgan fingerprint density at radius 1 is 1.00 bits per heavy atom. The van der Waals surface area contributed by atoms with Crippen LogP contribution in [0.3, 0.4) is 0 Å². The maximum Gasteiger partial charge on any atom is 0.280 e. The molecule has 1 aliphatic heterocycles. The summed E-state index contributed by atoms with van der Waals surface area (Å²) in [5, 5.41) is 39.3. The summed E-state index contributed by atoms with van der Waals surface area (Å²) in [6.45, 7) is 4.75. The minimum atomic E-state index is -2.05. The fraction of sp³-hybridized carbons (Fsp3) is 0.333. The molecule has 0 bridgehead atoms. The molecule has 3 heterocycles. The number of imidazole rings is 1. The molecule has 1 unspecified atom stereocenters. The number of hydrogen-bond acceptors (Lipinski definition) is 10. The molecule has 6 rings (SSSR count). The van der Waals surface area contributed by atoms with Crippen molar-refractivity contribution in [1.82, 2.24) is 19.5 Å². The van der Waals surface area contributed by atoms with Crippen LogP contribution in [0.4, 0.5) is 5.95 Å². The number of nitrogens with one attached hydrogen (secondary N) is 2. The second-order valence-corrected chi connectivity index (χ2v) is 12.5. The minimum absolute atomic E-state index is 0.0146. The van der Waals surface area contributed by atoms with Crippen LogP contribution in [-0.2, 0) is 14.9 Å². The summed E-state index contributed by atoms with van der Waals surface area (Å²) in [5.74, 6) is 0.0159. The maximum absolute atomic E-state index is 13.0. The van der Waals surface area contributed by atoms with Crippen LogP contribution in [0.1, 0.15) is 43.7 Å². The van der Waals surface area contributed by atoms with Gasteiger partial charge in [0.05, 0.1) is 26.0 Å². The zero-order valence-corrected chi connectivity index (χ0v) is 27.7. The standard InChI is InChI=1S/C36H39N5O8/c1-20(2)31(44)39-34-38-30-26(32(45)40-34)37-19-41(30)33-35(3,46)28(42)27(49-33)29(43)36(21-13-7-6-8-14-21,22-15-9-11-17-24(22)47-4)23-16-10-12-18-25(23)48-5/h6-20,27-29,33,42-43,46H,1-5H3,(H2,38,39,40,44,45)/t27-,28+,29?,33+,35+/m0/s1. The van der Waals surface area contributed by atoms with Crippen LogP contribution in [0.15, 0.2) is 90.0 Å². The van der Waals surface area contributed by atoms with Gasteiger partial charge >= 0.3 is 0 Å². The number of ether oxygens (including phenoxy) is 3. The SMILES string of the molecule is COc1ccccc1C(c1ccccc1)(c1ccccc1OC)C(O)[C@H]1O[C@@H](n2cnc3c(=O)[nH]c(NC(=O)C(C)C)nc32)[C@](C)(O)[C@@H]1O. The Bertz CT molecular complexity index is 1980. The first-order valence-corrected chi connectivity index (χ1v) is 15.8. The lowest BCUT2D eigenvalue weighted by atomic mass is 9.63. The molecule has 5 atom stereocenters. The van der Waals surface area contributed by atoms with Gasteiger partial charge in [-0.15, -0.1) is 0 Å². The Labute approximate surface area is 282 Å². The molecule has 0 aliphatic carbocycles. The quantitative estimate of drug-likeness (QED) is 0.139. The van der Waals surface area contributed by atoms with Gasteiger partial charge in [-0.2, -0.15) is 4.98 Å². The molecule has 3 aromatic carbocycles. The zero-order valence-electron chi connectivity index (χ0n) is 27.7. The largest absolute Gasteiger partial charge is 0.496 e. The van der Waals surface area contributed by atoms with Gasteiger partial charge in [0.1, 0.15) is 35.4 Å². The Kier molecular flexibility index (Phi) is 9.03. The van der Waals surface area contributed by atoms with E-state index in [9.17, 15) is 24.9 Å². The Balaban J connectivity index is 1.55. The smallest absolute Gasteiger partial charge is 0.280 e. The van der Waals surface area contributed by atoms with E-state index in [-0.39, 0.29) is 23.0 Å². The van der Waals surface area contributed by atoms with Crippen LogP contribution in [0.2, 0.25) is 0 Å². The topological polar surface area (TPSA) is 181 Å². The second kappa shape index (κ2) is 13.1. The lowest BCUT2D eigenvalue weighted by molar-refractivity contribution is -0.118. The third-order valence-corrected chi connectivity index (χ3v) is 9.19. The molecule has 13 nitrogen and oxygen atoms in total. The van der Waals surface area contributed by atoms with E-state index in [1.165, 1.54) is 32.0 Å². The van der Waals surface area contributed by atoms with Crippen LogP contribution in [0.5, 0.6) is 11.5 Å². The summed E-state index contributed by atoms with van der Waals surface area (Å²) in [7, 11) is 3.06. The predicted octanol–water partition coefficient (Wildman–Crippen LogP) is 3.14. The number of carbonyl (C=O) groups is 1. The summed E-state index contributed by atoms with van der Waals surface area (Å²) in [6.07, 6.45) is -4.86. The van der Waals surface area contributed by atoms with Gasteiger partial charge in [0, 0.05) is 17.0 Å². The van der Waals surface area contributed by atoms with Crippen molar-refractivity contribution in [1.29, 1.82) is 0 Å². The average Bonchev–Trinajstić information content (AvgIpc) is 3.63. The van der Waals surface area contributed by atoms with Gasteiger partial charge in [-0.25, -0.2) is 4.98 Å². The van der Waals surface area contributed by atoms with E-state index in [1.807, 2.05) is 66.7 Å². The van der Waals surface area contributed by atoms with Gasteiger partial charge < -0.3 is 29.5 Å². The summed E-state index contributed by atoms with van der Waals surface area (Å²) >= 11 is 0. The number of anilines is 1. The number of benzene rings is 3. The number of methoxy groups -OCH3 is 2. The van der Waals surface area contributed by atoms with Crippen LogP contribution in [0, 0.1) is 5.92 Å². The lowest BCUT2D eigenvalue weighted by Crippen LogP contribution is -2.54. The summed E-state index contributed by atoms with van der Waals surface area (Å²) in [6, 6.07) is 23.7. The molecule has 1 saturated heterocycles. The Hall–Kier alpha value is -5.08. The third kappa shape index (κ3) is 5.54. The monoisotopic (exact) mass is 669 g/mol. The van der Waals surface area contributed by atoms with E-state index in [0.717, 1.165) is 0 Å². The summed E-state index contributed by atoms with van der Waals surface area (Å²) < 4.78 is 19.5. The van der Waals surface area contributed by atoms with Gasteiger partial charge in [0.15, 0.2) is 17.4 Å². The maximum atomic E-state index is 13.0. The van der Waals surface area contributed by atoms with Crippen molar-refractivity contribution >= 4 is 23.0 Å². The minimum Gasteiger partial charge on any atom is -0.496 e. The molecule has 256 valence electrons. The number of hydrogen-bond donors (Lipinski definition) is 5. The number of H-pyrrole nitrogens is 1. The molecule has 1 fully saturated rings. The zero-order chi connectivity index (χ0) is 35.1. The molecule has 0 radical (unpaired) electrons. The molecule has 13 heteroatoms. The van der Waals surface area contributed by atoms with Gasteiger partial charge in [-0.1, -0.05) is 80.6 Å². The van der Waals surface area contributed by atoms with Crippen LogP contribution < -0.4 is 20.3 Å². The van der Waals surface area contributed by atoms with Crippen LogP contribution >= 0.6 is 0 Å². The number of fused-ring (bicyclic) bond motifs is 1. The van der Waals surface area contributed by atoms with Gasteiger partial charge in [0.2, 0.25) is 11.9 Å². The van der Waals surface area contributed by atoms with E-state index in [0.29, 0.717) is 28.2 Å². The molecular formula is C36H39N5O8. The highest BCUT2D eigenvalue weighted by Crippen LogP contribution is 2.52. The number of rotatable bonds is 10. The first kappa shape index (κ1) is 33.8. The predicted molar refractivity (Wildman–Crippen MR) is 180 cm³/mol. The number of aromatic amines is 1. The van der Waals surface area contributed by atoms with Crippen molar-refractivity contribution in [3.8, 4) is 11.5 Å². The number of amides is 1. The molecule has 0 saturated carbocycles. The fourth-order valence-electron chi connectivity index (χ4n) is 6.69. The highest BCUT2D eigenvalue weighted by molar-refractivity contribution is 5.91. The molecule has 2 aromatic heterocycles. The molecule has 49 heavy (non-hydrogen) atoms. The summed E-state index contributed by atoms with van der Waals surface area (Å²) in [4.78, 5) is 36.5. The average molecular weight is 670 g/mol. The van der Waals surface area contributed by atoms with Crippen molar-refractivity contribution in [3.63, 3.8) is 0 Å². The van der Waals surface area contributed by atoms with E-state index in [2.05, 4.69) is 20.3 Å². The van der Waals surface area contributed by atoms with Crippen molar-refractivity contribution in [2.75, 3.05) is 19.5 Å². The van der Waals surface area contributed by atoms with Gasteiger partial charge in [-0.3, -0.25) is 24.5 Å². The Morgan fingerprint density at radius 2 is 1.57 bits per heavy atom. The number of aromatic nitrogens is 4. The van der Waals surface area contributed by atoms with E-state index < -0.39 is 47.0 Å². The van der Waals surface area contributed by atoms with E-state index >= 15 is 0 Å². The first-order chi connectivity index (χ1) is 23.5. The van der Waals surface area contributed by atoms with E-state index in [4.69, 9.17) is 14.2 Å². The number of nitrogens with zero attached hydrogens (tertiary/aromatic N) is 3. The highest BCUT2D eigenvalue weighted by atomic mass is 16.6. The highest BCUT2D eigenvalue weighted by Gasteiger charge is 2.61. The van der Waals surface area contributed by atoms with Crippen molar-refractivity contribution in [2.24, 2.45) is 5.92 Å². The van der Waals surface area contributed by atoms with Crippen molar-refractivity contribution in [3.05, 3.63) is 112 Å². The van der Waals surface area contributed by atoms with E-state index in [1.54, 1.807) is 26.0 Å². The van der Waals surface area contributed by atoms with Crippen LogP contribution in [-0.4, -0.2) is 78.9 Å². The van der Waals surface area contributed by atoms with Crippen molar-refractivity contribution in [2.45, 2.75) is 56.3 Å². The molecule has 5 aromatic rings. The third-order valence-electron chi connectivity index (χ3n) is 9.19. The normalized spacial score (nSPS) is 21.5. The lowest BCUT2D eigenvalue weighted by Gasteiger charge is -2.43. The summed E-state index contributed by atoms with van der Waals surface area (Å²) in [5.41, 5.74) is -2.55. The van der Waals surface area contributed by atoms with Crippen LogP contribution in [0.25, 0.3) is 11.2 Å². The molecule has 1 aliphatic rings. The van der Waals surface area contributed by atoms with Gasteiger partial charge in [-0.05, 0) is 24.6 Å². The second-order valence-electron chi connectivity index (χ2n) is 12.5. The molecule has 5 N–H and O–H groups in total. The fourth-order valence-corrected chi connectivity index (χ4v) is 6.69. The number of para-hydroxylation sites is 2. The number of aliphatic hydroxyl groups is 3. The Morgan fingerprint density at radius 3 is 2.14 bits per heavy atom.